The van der Waals surface area contributed by atoms with Crippen LogP contribution in [0.3, 0.4) is 0 Å². The summed E-state index contributed by atoms with van der Waals surface area (Å²) in [5.74, 6) is 0. The number of hydrogen-bond donors (Lipinski definition) is 0. The minimum atomic E-state index is 0. The van der Waals surface area contributed by atoms with Gasteiger partial charge in [0.1, 0.15) is 0 Å². The Labute approximate surface area is 139 Å². The average Bonchev–Trinajstić information content (AvgIpc) is 2.25. The van der Waals surface area contributed by atoms with E-state index in [1.807, 2.05) is 0 Å². The van der Waals surface area contributed by atoms with Gasteiger partial charge in [0.05, 0.1) is 0 Å². The van der Waals surface area contributed by atoms with E-state index in [2.05, 4.69) is 63.8 Å². The molecule has 0 heterocycles. The van der Waals surface area contributed by atoms with Gasteiger partial charge in [0.2, 0.25) is 0 Å². The molecule has 0 fully saturated rings. The first-order valence-corrected chi connectivity index (χ1v) is 6.20. The van der Waals surface area contributed by atoms with Crippen LogP contribution in [0.25, 0.3) is 0 Å². The summed E-state index contributed by atoms with van der Waals surface area (Å²) in [6, 6.07) is 9.86. The Morgan fingerprint density at radius 2 is 1.72 bits per heavy atom. The molecule has 3 heteroatoms. The molecule has 0 N–H and O–H groups in total. The zero-order valence-electron chi connectivity index (χ0n) is 12.4. The average molecular weight is 323 g/mol. The van der Waals surface area contributed by atoms with Crippen LogP contribution in [-0.4, -0.2) is 41.0 Å². The summed E-state index contributed by atoms with van der Waals surface area (Å²) >= 11 is 0. The Bertz CT molecular complexity index is 330. The van der Waals surface area contributed by atoms with Crippen LogP contribution in [0.2, 0.25) is 0 Å². The SMILES string of the molecule is CCN(CC)Cc1[c-]ccc(C(C)(C)C)c1.[Br-].[Mg+2]. The van der Waals surface area contributed by atoms with E-state index in [0.29, 0.717) is 0 Å². The third kappa shape index (κ3) is 6.55. The molecule has 0 aliphatic heterocycles. The second-order valence-electron chi connectivity index (χ2n) is 5.31. The van der Waals surface area contributed by atoms with E-state index in [9.17, 15) is 0 Å². The summed E-state index contributed by atoms with van der Waals surface area (Å²) in [7, 11) is 0. The summed E-state index contributed by atoms with van der Waals surface area (Å²) in [6.45, 7) is 14.4. The van der Waals surface area contributed by atoms with Crippen LogP contribution in [0.15, 0.2) is 18.2 Å². The molecule has 0 saturated carbocycles. The fourth-order valence-electron chi connectivity index (χ4n) is 1.76. The zero-order chi connectivity index (χ0) is 12.2. The minimum absolute atomic E-state index is 0. The summed E-state index contributed by atoms with van der Waals surface area (Å²) in [6.07, 6.45) is 0. The van der Waals surface area contributed by atoms with Crippen LogP contribution in [0.5, 0.6) is 0 Å². The monoisotopic (exact) mass is 321 g/mol. The number of nitrogens with zero attached hydrogens (tertiary/aromatic N) is 1. The molecule has 1 nitrogen and oxygen atoms in total. The molecule has 0 amide bonds. The molecule has 0 saturated heterocycles. The van der Waals surface area contributed by atoms with E-state index in [0.717, 1.165) is 19.6 Å². The molecule has 0 atom stereocenters. The minimum Gasteiger partial charge on any atom is -1.00 e. The quantitative estimate of drug-likeness (QED) is 0.567. The van der Waals surface area contributed by atoms with Crippen molar-refractivity contribution in [1.82, 2.24) is 4.90 Å². The molecule has 0 unspecified atom stereocenters. The van der Waals surface area contributed by atoms with Crippen molar-refractivity contribution >= 4 is 23.1 Å². The topological polar surface area (TPSA) is 3.24 Å². The van der Waals surface area contributed by atoms with E-state index in [4.69, 9.17) is 0 Å². The summed E-state index contributed by atoms with van der Waals surface area (Å²) in [5.41, 5.74) is 2.93. The van der Waals surface area contributed by atoms with Crippen molar-refractivity contribution in [3.8, 4) is 0 Å². The smallest absolute Gasteiger partial charge is 1.00 e. The van der Waals surface area contributed by atoms with Gasteiger partial charge in [-0.1, -0.05) is 34.6 Å². The third-order valence-corrected chi connectivity index (χ3v) is 3.02. The first kappa shape index (κ1) is 20.7. The van der Waals surface area contributed by atoms with Crippen molar-refractivity contribution in [2.24, 2.45) is 0 Å². The Morgan fingerprint density at radius 3 is 2.17 bits per heavy atom. The van der Waals surface area contributed by atoms with Crippen LogP contribution in [0, 0.1) is 6.07 Å². The van der Waals surface area contributed by atoms with Gasteiger partial charge in [-0.25, -0.2) is 0 Å². The normalized spacial score (nSPS) is 10.8. The summed E-state index contributed by atoms with van der Waals surface area (Å²) < 4.78 is 0. The third-order valence-electron chi connectivity index (χ3n) is 3.02. The molecule has 0 bridgehead atoms. The van der Waals surface area contributed by atoms with Crippen LogP contribution in [0.4, 0.5) is 0 Å². The Hall–Kier alpha value is 0.426. The molecule has 1 aromatic rings. The molecule has 18 heavy (non-hydrogen) atoms. The van der Waals surface area contributed by atoms with Gasteiger partial charge in [-0.2, -0.15) is 29.8 Å². The molecule has 1 rings (SSSR count). The van der Waals surface area contributed by atoms with Crippen LogP contribution >= 0.6 is 0 Å². The Kier molecular flexibility index (Phi) is 10.8. The first-order valence-electron chi connectivity index (χ1n) is 6.20. The predicted molar refractivity (Wildman–Crippen MR) is 76.4 cm³/mol. The predicted octanol–water partition coefficient (Wildman–Crippen LogP) is 0.249. The number of benzene rings is 1. The molecule has 0 aliphatic carbocycles. The van der Waals surface area contributed by atoms with Gasteiger partial charge in [-0.3, -0.25) is 0 Å². The van der Waals surface area contributed by atoms with Gasteiger partial charge in [0, 0.05) is 6.54 Å². The first-order chi connectivity index (χ1) is 7.47. The van der Waals surface area contributed by atoms with Crippen molar-refractivity contribution in [3.63, 3.8) is 0 Å². The zero-order valence-corrected chi connectivity index (χ0v) is 15.4. The molecule has 98 valence electrons. The number of halogens is 1. The second kappa shape index (κ2) is 9.35. The molecule has 0 aliphatic rings. The van der Waals surface area contributed by atoms with Crippen molar-refractivity contribution in [1.29, 1.82) is 0 Å². The maximum atomic E-state index is 3.34. The largest absolute Gasteiger partial charge is 2.00 e. The van der Waals surface area contributed by atoms with E-state index in [1.54, 1.807) is 0 Å². The summed E-state index contributed by atoms with van der Waals surface area (Å²) in [4.78, 5) is 2.41. The second-order valence-corrected chi connectivity index (χ2v) is 5.31. The maximum absolute atomic E-state index is 3.34. The van der Waals surface area contributed by atoms with Gasteiger partial charge in [0.25, 0.3) is 0 Å². The van der Waals surface area contributed by atoms with E-state index in [-0.39, 0.29) is 45.4 Å². The van der Waals surface area contributed by atoms with Crippen LogP contribution in [0.1, 0.15) is 45.7 Å². The Balaban J connectivity index is 0. The fraction of sp³-hybridized carbons (Fsp3) is 0.600. The Morgan fingerprint density at radius 1 is 1.17 bits per heavy atom. The summed E-state index contributed by atoms with van der Waals surface area (Å²) in [5, 5.41) is 0. The van der Waals surface area contributed by atoms with Gasteiger partial charge >= 0.3 is 23.1 Å². The van der Waals surface area contributed by atoms with Crippen molar-refractivity contribution in [3.05, 3.63) is 35.4 Å². The molecular weight excluding hydrogens is 298 g/mol. The molecule has 1 aromatic carbocycles. The van der Waals surface area contributed by atoms with E-state index < -0.39 is 0 Å². The van der Waals surface area contributed by atoms with Gasteiger partial charge in [0.15, 0.2) is 0 Å². The van der Waals surface area contributed by atoms with Gasteiger partial charge in [-0.15, -0.1) is 5.56 Å². The van der Waals surface area contributed by atoms with Crippen molar-refractivity contribution in [2.45, 2.75) is 46.6 Å². The molecule has 0 radical (unpaired) electrons. The maximum Gasteiger partial charge on any atom is 2.00 e. The van der Waals surface area contributed by atoms with Gasteiger partial charge in [-0.05, 0) is 18.5 Å². The molecule has 0 spiro atoms. The van der Waals surface area contributed by atoms with Crippen LogP contribution in [-0.2, 0) is 12.0 Å². The van der Waals surface area contributed by atoms with Crippen molar-refractivity contribution in [2.75, 3.05) is 13.1 Å². The molecular formula is C15H24BrMgN. The van der Waals surface area contributed by atoms with Crippen molar-refractivity contribution < 1.29 is 17.0 Å². The van der Waals surface area contributed by atoms with E-state index in [1.165, 1.54) is 11.1 Å². The number of rotatable bonds is 4. The van der Waals surface area contributed by atoms with Gasteiger partial charge < -0.3 is 21.9 Å². The fourth-order valence-corrected chi connectivity index (χ4v) is 1.76. The molecule has 0 aromatic heterocycles. The standard InChI is InChI=1S/C15H24N.BrH.Mg/c1-6-16(7-2)12-13-9-8-10-14(11-13)15(3,4)5;;/h8,10-11H,6-7,12H2,1-5H3;1H;/q-1;;+2/p-1. The van der Waals surface area contributed by atoms with Crippen LogP contribution < -0.4 is 17.0 Å². The van der Waals surface area contributed by atoms with E-state index >= 15 is 0 Å². The number of hydrogen-bond acceptors (Lipinski definition) is 1.